The molecule has 20 heavy (non-hydrogen) atoms. The quantitative estimate of drug-likeness (QED) is 0.619. The number of rotatable bonds is 5. The van der Waals surface area contributed by atoms with Crippen molar-refractivity contribution in [2.45, 2.75) is 25.7 Å². The molecule has 0 unspecified atom stereocenters. The van der Waals surface area contributed by atoms with Crippen LogP contribution in [0.2, 0.25) is 0 Å². The Morgan fingerprint density at radius 3 is 1.85 bits per heavy atom. The van der Waals surface area contributed by atoms with Crippen molar-refractivity contribution in [2.24, 2.45) is 0 Å². The number of hydrogen-bond donors (Lipinski definition) is 4. The molecule has 0 aromatic heterocycles. The molecular formula is C12H18O6P2. The van der Waals surface area contributed by atoms with E-state index in [9.17, 15) is 9.13 Å². The Balaban J connectivity index is 2.99. The van der Waals surface area contributed by atoms with Crippen LogP contribution in [0.25, 0.3) is 6.08 Å². The van der Waals surface area contributed by atoms with Crippen molar-refractivity contribution in [1.29, 1.82) is 0 Å². The summed E-state index contributed by atoms with van der Waals surface area (Å²) in [6, 6.07) is 6.68. The van der Waals surface area contributed by atoms with E-state index in [1.165, 1.54) is 0 Å². The van der Waals surface area contributed by atoms with Gasteiger partial charge in [0, 0.05) is 0 Å². The van der Waals surface area contributed by atoms with E-state index in [1.54, 1.807) is 24.3 Å². The van der Waals surface area contributed by atoms with Crippen molar-refractivity contribution < 1.29 is 28.7 Å². The zero-order chi connectivity index (χ0) is 15.6. The molecule has 0 amide bonds. The SMILES string of the molecule is CC(C)=Cc1ccc(CC(P(=O)(O)O)P(=O)(O)O)cc1. The first-order chi connectivity index (χ1) is 9.00. The fourth-order valence-corrected chi connectivity index (χ4v) is 4.19. The van der Waals surface area contributed by atoms with E-state index >= 15 is 0 Å². The lowest BCUT2D eigenvalue weighted by molar-refractivity contribution is 0.338. The van der Waals surface area contributed by atoms with E-state index in [4.69, 9.17) is 19.6 Å². The molecular weight excluding hydrogens is 302 g/mol. The third-order valence-electron chi connectivity index (χ3n) is 2.63. The van der Waals surface area contributed by atoms with Crippen molar-refractivity contribution in [1.82, 2.24) is 0 Å². The van der Waals surface area contributed by atoms with Crippen LogP contribution in [-0.2, 0) is 15.6 Å². The Kier molecular flexibility index (Phi) is 5.50. The van der Waals surface area contributed by atoms with Gasteiger partial charge in [-0.15, -0.1) is 0 Å². The zero-order valence-corrected chi connectivity index (χ0v) is 13.0. The Labute approximate surface area is 117 Å². The van der Waals surface area contributed by atoms with Crippen molar-refractivity contribution >= 4 is 21.3 Å². The molecule has 0 atom stereocenters. The molecule has 0 aliphatic heterocycles. The van der Waals surface area contributed by atoms with Crippen molar-refractivity contribution in [3.8, 4) is 0 Å². The molecule has 0 bridgehead atoms. The van der Waals surface area contributed by atoms with E-state index in [0.717, 1.165) is 11.1 Å². The fourth-order valence-electron chi connectivity index (χ4n) is 1.73. The minimum atomic E-state index is -4.87. The molecule has 1 aromatic carbocycles. The molecule has 0 fully saturated rings. The second-order valence-corrected chi connectivity index (χ2v) is 8.84. The molecule has 0 radical (unpaired) electrons. The standard InChI is InChI=1S/C12H18O6P2/c1-9(2)7-10-3-5-11(6-4-10)8-12(19(13,14)15)20(16,17)18/h3-7,12H,8H2,1-2H3,(H2,13,14,15)(H2,16,17,18). The first-order valence-corrected chi connectivity index (χ1v) is 9.21. The normalized spacial score (nSPS) is 12.6. The van der Waals surface area contributed by atoms with Crippen LogP contribution in [-0.4, -0.2) is 25.0 Å². The Bertz CT molecular complexity index is 554. The third-order valence-corrected chi connectivity index (χ3v) is 6.35. The second kappa shape index (κ2) is 6.35. The first-order valence-electron chi connectivity index (χ1n) is 5.84. The predicted octanol–water partition coefficient (Wildman–Crippen LogP) is 2.33. The van der Waals surface area contributed by atoms with Gasteiger partial charge in [-0.3, -0.25) is 9.13 Å². The maximum atomic E-state index is 11.2. The van der Waals surface area contributed by atoms with E-state index < -0.39 is 20.6 Å². The van der Waals surface area contributed by atoms with Gasteiger partial charge in [-0.2, -0.15) is 0 Å². The van der Waals surface area contributed by atoms with Gasteiger partial charge >= 0.3 is 15.2 Å². The van der Waals surface area contributed by atoms with Gasteiger partial charge in [0.15, 0.2) is 5.40 Å². The molecule has 0 heterocycles. The van der Waals surface area contributed by atoms with Crippen molar-refractivity contribution in [3.63, 3.8) is 0 Å². The summed E-state index contributed by atoms with van der Waals surface area (Å²) in [4.78, 5) is 36.2. The highest BCUT2D eigenvalue weighted by atomic mass is 31.2. The molecule has 0 saturated carbocycles. The molecule has 0 aliphatic rings. The average molecular weight is 320 g/mol. The highest BCUT2D eigenvalue weighted by Crippen LogP contribution is 2.60. The summed E-state index contributed by atoms with van der Waals surface area (Å²) in [7, 11) is -9.74. The van der Waals surface area contributed by atoms with E-state index in [0.29, 0.717) is 5.56 Å². The molecule has 0 aliphatic carbocycles. The van der Waals surface area contributed by atoms with Gasteiger partial charge in [0.05, 0.1) is 0 Å². The van der Waals surface area contributed by atoms with Crippen LogP contribution in [0.3, 0.4) is 0 Å². The van der Waals surface area contributed by atoms with E-state index in [-0.39, 0.29) is 6.42 Å². The largest absolute Gasteiger partial charge is 0.341 e. The van der Waals surface area contributed by atoms with Gasteiger partial charge in [-0.05, 0) is 31.4 Å². The van der Waals surface area contributed by atoms with Crippen LogP contribution >= 0.6 is 15.2 Å². The lowest BCUT2D eigenvalue weighted by Crippen LogP contribution is -2.12. The molecule has 0 spiro atoms. The minimum absolute atomic E-state index is 0.371. The lowest BCUT2D eigenvalue weighted by Gasteiger charge is -2.19. The summed E-state index contributed by atoms with van der Waals surface area (Å²) >= 11 is 0. The van der Waals surface area contributed by atoms with Crippen LogP contribution in [0.5, 0.6) is 0 Å². The lowest BCUT2D eigenvalue weighted by atomic mass is 10.1. The van der Waals surface area contributed by atoms with Crippen LogP contribution < -0.4 is 0 Å². The topological polar surface area (TPSA) is 115 Å². The Hall–Kier alpha value is -0.740. The first kappa shape index (κ1) is 17.3. The molecule has 8 heteroatoms. The highest BCUT2D eigenvalue weighted by molar-refractivity contribution is 7.70. The van der Waals surface area contributed by atoms with Gasteiger partial charge < -0.3 is 19.6 Å². The molecule has 1 rings (SSSR count). The Morgan fingerprint density at radius 1 is 1.05 bits per heavy atom. The smallest absolute Gasteiger partial charge is 0.324 e. The van der Waals surface area contributed by atoms with Crippen molar-refractivity contribution in [3.05, 3.63) is 41.0 Å². The van der Waals surface area contributed by atoms with Crippen LogP contribution in [0.1, 0.15) is 25.0 Å². The molecule has 0 saturated heterocycles. The van der Waals surface area contributed by atoms with Crippen LogP contribution in [0.4, 0.5) is 0 Å². The number of allylic oxidation sites excluding steroid dienone is 1. The summed E-state index contributed by atoms with van der Waals surface area (Å²) in [5, 5.41) is -2.00. The van der Waals surface area contributed by atoms with Gasteiger partial charge in [-0.25, -0.2) is 0 Å². The molecule has 4 N–H and O–H groups in total. The second-order valence-electron chi connectivity index (χ2n) is 4.83. The fraction of sp³-hybridized carbons (Fsp3) is 0.333. The van der Waals surface area contributed by atoms with Crippen LogP contribution in [0.15, 0.2) is 29.8 Å². The van der Waals surface area contributed by atoms with Gasteiger partial charge in [-0.1, -0.05) is 35.9 Å². The average Bonchev–Trinajstić information content (AvgIpc) is 2.24. The third kappa shape index (κ3) is 5.33. The van der Waals surface area contributed by atoms with Gasteiger partial charge in [0.1, 0.15) is 0 Å². The predicted molar refractivity (Wildman–Crippen MR) is 77.3 cm³/mol. The summed E-state index contributed by atoms with van der Waals surface area (Å²) < 4.78 is 22.4. The molecule has 112 valence electrons. The molecule has 6 nitrogen and oxygen atoms in total. The van der Waals surface area contributed by atoms with Gasteiger partial charge in [0.25, 0.3) is 0 Å². The van der Waals surface area contributed by atoms with Gasteiger partial charge in [0.2, 0.25) is 0 Å². The maximum absolute atomic E-state index is 11.2. The summed E-state index contributed by atoms with van der Waals surface area (Å²) in [6.07, 6.45) is 1.55. The minimum Gasteiger partial charge on any atom is -0.324 e. The zero-order valence-electron chi connectivity index (χ0n) is 11.2. The van der Waals surface area contributed by atoms with Crippen LogP contribution in [0, 0.1) is 0 Å². The number of hydrogen-bond acceptors (Lipinski definition) is 2. The van der Waals surface area contributed by atoms with E-state index in [2.05, 4.69) is 0 Å². The van der Waals surface area contributed by atoms with Crippen molar-refractivity contribution in [2.75, 3.05) is 0 Å². The Morgan fingerprint density at radius 2 is 1.50 bits per heavy atom. The molecule has 1 aromatic rings. The van der Waals surface area contributed by atoms with E-state index in [1.807, 2.05) is 19.9 Å². The highest BCUT2D eigenvalue weighted by Gasteiger charge is 2.43. The number of benzene rings is 1. The monoisotopic (exact) mass is 320 g/mol. The summed E-state index contributed by atoms with van der Waals surface area (Å²) in [5.41, 5.74) is 2.48. The summed E-state index contributed by atoms with van der Waals surface area (Å²) in [6.45, 7) is 3.87. The maximum Gasteiger partial charge on any atom is 0.341 e. The summed E-state index contributed by atoms with van der Waals surface area (Å²) in [5.74, 6) is 0.